The summed E-state index contributed by atoms with van der Waals surface area (Å²) in [6.45, 7) is 0.356. The second-order valence-electron chi connectivity index (χ2n) is 2.35. The topological polar surface area (TPSA) is 26.3 Å². The number of rotatable bonds is 0. The fraction of sp³-hybridized carbons (Fsp3) is 0.125. The monoisotopic (exact) mass is 168 g/mol. The van der Waals surface area contributed by atoms with E-state index in [-0.39, 0.29) is 5.97 Å². The second kappa shape index (κ2) is 2.24. The minimum atomic E-state index is -0.314. The van der Waals surface area contributed by atoms with Crippen LogP contribution in [0.1, 0.15) is 15.9 Å². The zero-order chi connectivity index (χ0) is 7.84. The molecule has 0 radical (unpaired) electrons. The van der Waals surface area contributed by atoms with Crippen LogP contribution in [0.2, 0.25) is 5.02 Å². The molecular weight excluding hydrogens is 164 g/mol. The van der Waals surface area contributed by atoms with Crippen LogP contribution in [-0.4, -0.2) is 5.97 Å². The SMILES string of the molecule is O=C1OCc2cccc(Cl)c21. The van der Waals surface area contributed by atoms with Gasteiger partial charge in [-0.15, -0.1) is 0 Å². The van der Waals surface area contributed by atoms with Gasteiger partial charge in [-0.05, 0) is 6.07 Å². The van der Waals surface area contributed by atoms with Crippen LogP contribution in [0.4, 0.5) is 0 Å². The fourth-order valence-corrected chi connectivity index (χ4v) is 1.40. The third-order valence-electron chi connectivity index (χ3n) is 1.66. The highest BCUT2D eigenvalue weighted by Crippen LogP contribution is 2.26. The van der Waals surface area contributed by atoms with E-state index in [9.17, 15) is 4.79 Å². The van der Waals surface area contributed by atoms with Crippen LogP contribution in [0.5, 0.6) is 0 Å². The molecule has 0 unspecified atom stereocenters. The lowest BCUT2D eigenvalue weighted by Gasteiger charge is -1.93. The van der Waals surface area contributed by atoms with E-state index in [2.05, 4.69) is 0 Å². The third kappa shape index (κ3) is 0.906. The Hall–Kier alpha value is -1.02. The molecule has 0 saturated carbocycles. The van der Waals surface area contributed by atoms with Crippen LogP contribution >= 0.6 is 11.6 Å². The van der Waals surface area contributed by atoms with E-state index >= 15 is 0 Å². The van der Waals surface area contributed by atoms with Crippen LogP contribution < -0.4 is 0 Å². The van der Waals surface area contributed by atoms with Gasteiger partial charge in [0.05, 0.1) is 10.6 Å². The Morgan fingerprint density at radius 3 is 3.00 bits per heavy atom. The van der Waals surface area contributed by atoms with Crippen molar-refractivity contribution in [2.45, 2.75) is 6.61 Å². The van der Waals surface area contributed by atoms with E-state index in [1.165, 1.54) is 0 Å². The maximum Gasteiger partial charge on any atom is 0.340 e. The number of carbonyl (C=O) groups is 1. The summed E-state index contributed by atoms with van der Waals surface area (Å²) in [6, 6.07) is 5.34. The zero-order valence-corrected chi connectivity index (χ0v) is 6.39. The molecule has 3 heteroatoms. The lowest BCUT2D eigenvalue weighted by molar-refractivity contribution is 0.0535. The quantitative estimate of drug-likeness (QED) is 0.554. The van der Waals surface area contributed by atoms with Gasteiger partial charge in [0.2, 0.25) is 0 Å². The van der Waals surface area contributed by atoms with Crippen molar-refractivity contribution in [3.63, 3.8) is 0 Å². The number of esters is 1. The molecule has 0 saturated heterocycles. The molecule has 0 fully saturated rings. The Kier molecular flexibility index (Phi) is 1.36. The predicted octanol–water partition coefficient (Wildman–Crippen LogP) is 2.01. The first kappa shape index (κ1) is 6.68. The highest BCUT2D eigenvalue weighted by molar-refractivity contribution is 6.33. The first-order valence-corrected chi connectivity index (χ1v) is 3.61. The van der Waals surface area contributed by atoms with Gasteiger partial charge in [0.15, 0.2) is 0 Å². The lowest BCUT2D eigenvalue weighted by Crippen LogP contribution is -1.93. The summed E-state index contributed by atoms with van der Waals surface area (Å²) in [4.78, 5) is 11.0. The van der Waals surface area contributed by atoms with Gasteiger partial charge in [-0.25, -0.2) is 4.79 Å². The number of carbonyl (C=O) groups excluding carboxylic acids is 1. The van der Waals surface area contributed by atoms with Crippen LogP contribution in [0.15, 0.2) is 18.2 Å². The van der Waals surface area contributed by atoms with Crippen LogP contribution in [0, 0.1) is 0 Å². The fourth-order valence-electron chi connectivity index (χ4n) is 1.13. The second-order valence-corrected chi connectivity index (χ2v) is 2.76. The smallest absolute Gasteiger partial charge is 0.340 e. The van der Waals surface area contributed by atoms with Crippen molar-refractivity contribution in [3.05, 3.63) is 34.3 Å². The summed E-state index contributed by atoms with van der Waals surface area (Å²) >= 11 is 5.76. The van der Waals surface area contributed by atoms with Crippen LogP contribution in [0.3, 0.4) is 0 Å². The van der Waals surface area contributed by atoms with Crippen molar-refractivity contribution < 1.29 is 9.53 Å². The number of benzene rings is 1. The molecule has 11 heavy (non-hydrogen) atoms. The number of hydrogen-bond acceptors (Lipinski definition) is 2. The third-order valence-corrected chi connectivity index (χ3v) is 1.98. The number of ether oxygens (including phenoxy) is 1. The number of fused-ring (bicyclic) bond motifs is 1. The maximum absolute atomic E-state index is 11.0. The Morgan fingerprint density at radius 2 is 2.27 bits per heavy atom. The molecule has 0 N–H and O–H groups in total. The van der Waals surface area contributed by atoms with Crippen molar-refractivity contribution >= 4 is 17.6 Å². The molecule has 0 aliphatic carbocycles. The summed E-state index contributed by atoms with van der Waals surface area (Å²) in [6.07, 6.45) is 0. The molecule has 2 nitrogen and oxygen atoms in total. The van der Waals surface area contributed by atoms with E-state index in [0.717, 1.165) is 5.56 Å². The van der Waals surface area contributed by atoms with Gasteiger partial charge >= 0.3 is 5.97 Å². The largest absolute Gasteiger partial charge is 0.457 e. The van der Waals surface area contributed by atoms with Crippen molar-refractivity contribution in [2.75, 3.05) is 0 Å². The van der Waals surface area contributed by atoms with Crippen molar-refractivity contribution in [3.8, 4) is 0 Å². The molecule has 56 valence electrons. The number of halogens is 1. The van der Waals surface area contributed by atoms with Gasteiger partial charge < -0.3 is 4.74 Å². The van der Waals surface area contributed by atoms with Crippen molar-refractivity contribution in [2.24, 2.45) is 0 Å². The summed E-state index contributed by atoms with van der Waals surface area (Å²) in [5.74, 6) is -0.314. The molecule has 1 aromatic rings. The average molecular weight is 169 g/mol. The summed E-state index contributed by atoms with van der Waals surface area (Å²) in [5.41, 5.74) is 1.40. The standard InChI is InChI=1S/C8H5ClO2/c9-6-3-1-2-5-4-11-8(10)7(5)6/h1-3H,4H2. The van der Waals surface area contributed by atoms with Crippen molar-refractivity contribution in [1.82, 2.24) is 0 Å². The molecule has 0 spiro atoms. The zero-order valence-electron chi connectivity index (χ0n) is 5.63. The summed E-state index contributed by atoms with van der Waals surface area (Å²) < 4.78 is 4.78. The van der Waals surface area contributed by atoms with Gasteiger partial charge in [-0.1, -0.05) is 23.7 Å². The molecule has 0 amide bonds. The first-order valence-electron chi connectivity index (χ1n) is 3.23. The minimum absolute atomic E-state index is 0.314. The summed E-state index contributed by atoms with van der Waals surface area (Å²) in [5, 5.41) is 0.477. The average Bonchev–Trinajstić information content (AvgIpc) is 2.34. The van der Waals surface area contributed by atoms with Gasteiger partial charge in [0, 0.05) is 5.56 Å². The van der Waals surface area contributed by atoms with E-state index in [4.69, 9.17) is 16.3 Å². The van der Waals surface area contributed by atoms with Gasteiger partial charge in [-0.3, -0.25) is 0 Å². The molecule has 1 aromatic carbocycles. The predicted molar refractivity (Wildman–Crippen MR) is 40.6 cm³/mol. The molecule has 0 atom stereocenters. The first-order chi connectivity index (χ1) is 5.29. The minimum Gasteiger partial charge on any atom is -0.457 e. The van der Waals surface area contributed by atoms with Crippen LogP contribution in [0.25, 0.3) is 0 Å². The highest BCUT2D eigenvalue weighted by atomic mass is 35.5. The molecule has 0 aromatic heterocycles. The summed E-state index contributed by atoms with van der Waals surface area (Å²) in [7, 11) is 0. The van der Waals surface area contributed by atoms with E-state index in [1.807, 2.05) is 12.1 Å². The molecule has 1 aliphatic rings. The Bertz CT molecular complexity index is 320. The molecule has 0 bridgehead atoms. The Morgan fingerprint density at radius 1 is 1.45 bits per heavy atom. The van der Waals surface area contributed by atoms with Gasteiger partial charge in [-0.2, -0.15) is 0 Å². The molecular formula is C8H5ClO2. The normalized spacial score (nSPS) is 14.5. The van der Waals surface area contributed by atoms with Crippen LogP contribution in [-0.2, 0) is 11.3 Å². The van der Waals surface area contributed by atoms with Gasteiger partial charge in [0.1, 0.15) is 6.61 Å². The van der Waals surface area contributed by atoms with Gasteiger partial charge in [0.25, 0.3) is 0 Å². The Labute approximate surface area is 68.7 Å². The number of hydrogen-bond donors (Lipinski definition) is 0. The van der Waals surface area contributed by atoms with E-state index in [0.29, 0.717) is 17.2 Å². The number of cyclic esters (lactones) is 1. The molecule has 1 aliphatic heterocycles. The Balaban J connectivity index is 2.68. The van der Waals surface area contributed by atoms with E-state index < -0.39 is 0 Å². The highest BCUT2D eigenvalue weighted by Gasteiger charge is 2.23. The maximum atomic E-state index is 11.0. The molecule has 1 heterocycles. The lowest BCUT2D eigenvalue weighted by atomic mass is 10.1. The van der Waals surface area contributed by atoms with E-state index in [1.54, 1.807) is 6.07 Å². The molecule has 2 rings (SSSR count). The van der Waals surface area contributed by atoms with Crippen molar-refractivity contribution in [1.29, 1.82) is 0 Å².